The van der Waals surface area contributed by atoms with Crippen LogP contribution in [0, 0.1) is 6.92 Å². The summed E-state index contributed by atoms with van der Waals surface area (Å²) in [6.07, 6.45) is 0. The van der Waals surface area contributed by atoms with Crippen LogP contribution < -0.4 is 9.46 Å². The molecule has 0 aliphatic carbocycles. The van der Waals surface area contributed by atoms with Gasteiger partial charge in [0.2, 0.25) is 0 Å². The van der Waals surface area contributed by atoms with Crippen molar-refractivity contribution in [3.8, 4) is 5.75 Å². The second kappa shape index (κ2) is 7.37. The topological polar surface area (TPSA) is 86.6 Å². The molecule has 0 bridgehead atoms. The minimum absolute atomic E-state index is 0.00927. The summed E-state index contributed by atoms with van der Waals surface area (Å²) >= 11 is 6.02. The Hall–Kier alpha value is -2.19. The molecule has 0 unspecified atom stereocenters. The minimum atomic E-state index is -3.91. The second-order valence-corrected chi connectivity index (χ2v) is 7.27. The van der Waals surface area contributed by atoms with Crippen LogP contribution in [0.3, 0.4) is 0 Å². The van der Waals surface area contributed by atoms with Crippen LogP contribution in [0.4, 0.5) is 5.69 Å². The first-order valence-corrected chi connectivity index (χ1v) is 9.27. The van der Waals surface area contributed by atoms with E-state index in [0.717, 1.165) is 0 Å². The van der Waals surface area contributed by atoms with E-state index in [2.05, 4.69) is 4.72 Å². The van der Waals surface area contributed by atoms with E-state index in [1.54, 1.807) is 27.0 Å². The fourth-order valence-corrected chi connectivity index (χ4v) is 3.88. The molecule has 9 heteroatoms. The number of anilines is 1. The van der Waals surface area contributed by atoms with E-state index in [0.29, 0.717) is 11.4 Å². The SMILES string of the molecule is CCOC(=O)c1cc(S(=O)(=O)Nc2ccc(OC)c(Cl)c2)c(C)n1C. The minimum Gasteiger partial charge on any atom is -0.495 e. The molecule has 1 aromatic heterocycles. The van der Waals surface area contributed by atoms with Crippen molar-refractivity contribution < 1.29 is 22.7 Å². The summed E-state index contributed by atoms with van der Waals surface area (Å²) in [7, 11) is -0.839. The van der Waals surface area contributed by atoms with Crippen molar-refractivity contribution >= 4 is 33.3 Å². The molecule has 0 saturated carbocycles. The lowest BCUT2D eigenvalue weighted by Gasteiger charge is -2.10. The zero-order valence-corrected chi connectivity index (χ0v) is 15.9. The van der Waals surface area contributed by atoms with Crippen molar-refractivity contribution in [1.29, 1.82) is 0 Å². The van der Waals surface area contributed by atoms with Crippen LogP contribution in [0.1, 0.15) is 23.1 Å². The number of esters is 1. The first kappa shape index (κ1) is 19.1. The number of hydrogen-bond acceptors (Lipinski definition) is 5. The largest absolute Gasteiger partial charge is 0.495 e. The van der Waals surface area contributed by atoms with Crippen molar-refractivity contribution in [2.45, 2.75) is 18.7 Å². The maximum atomic E-state index is 12.7. The second-order valence-electron chi connectivity index (χ2n) is 5.21. The normalized spacial score (nSPS) is 11.2. The number of sulfonamides is 1. The highest BCUT2D eigenvalue weighted by Gasteiger charge is 2.25. The van der Waals surface area contributed by atoms with Crippen molar-refractivity contribution in [3.05, 3.63) is 40.7 Å². The van der Waals surface area contributed by atoms with Crippen molar-refractivity contribution in [2.24, 2.45) is 7.05 Å². The maximum Gasteiger partial charge on any atom is 0.354 e. The molecule has 0 aliphatic rings. The molecule has 136 valence electrons. The fraction of sp³-hybridized carbons (Fsp3) is 0.312. The Labute approximate surface area is 151 Å². The lowest BCUT2D eigenvalue weighted by molar-refractivity contribution is 0.0515. The van der Waals surface area contributed by atoms with E-state index >= 15 is 0 Å². The number of carbonyl (C=O) groups excluding carboxylic acids is 1. The predicted octanol–water partition coefficient (Wildman–Crippen LogP) is 2.97. The van der Waals surface area contributed by atoms with Gasteiger partial charge in [0, 0.05) is 12.7 Å². The monoisotopic (exact) mass is 386 g/mol. The number of nitrogens with zero attached hydrogens (tertiary/aromatic N) is 1. The molecule has 0 radical (unpaired) electrons. The number of methoxy groups -OCH3 is 1. The molecule has 1 N–H and O–H groups in total. The molecule has 0 atom stereocenters. The Kier molecular flexibility index (Phi) is 5.64. The van der Waals surface area contributed by atoms with Crippen LogP contribution in [0.5, 0.6) is 5.75 Å². The molecular formula is C16H19ClN2O5S. The summed E-state index contributed by atoms with van der Waals surface area (Å²) in [5, 5.41) is 0.277. The molecule has 2 aromatic rings. The highest BCUT2D eigenvalue weighted by Crippen LogP contribution is 2.29. The number of hydrogen-bond donors (Lipinski definition) is 1. The van der Waals surface area contributed by atoms with Gasteiger partial charge >= 0.3 is 5.97 Å². The van der Waals surface area contributed by atoms with Gasteiger partial charge < -0.3 is 14.0 Å². The summed E-state index contributed by atoms with van der Waals surface area (Å²) in [6.45, 7) is 3.49. The molecule has 1 heterocycles. The van der Waals surface area contributed by atoms with Gasteiger partial charge in [-0.15, -0.1) is 0 Å². The fourth-order valence-electron chi connectivity index (χ4n) is 2.28. The molecule has 0 aliphatic heterocycles. The first-order chi connectivity index (χ1) is 11.7. The third kappa shape index (κ3) is 3.91. The molecular weight excluding hydrogens is 368 g/mol. The lowest BCUT2D eigenvalue weighted by atomic mass is 10.3. The Morgan fingerprint density at radius 1 is 1.32 bits per heavy atom. The zero-order valence-electron chi connectivity index (χ0n) is 14.3. The summed E-state index contributed by atoms with van der Waals surface area (Å²) in [6, 6.07) is 5.83. The van der Waals surface area contributed by atoms with Gasteiger partial charge in [-0.3, -0.25) is 4.72 Å². The summed E-state index contributed by atoms with van der Waals surface area (Å²) in [5.74, 6) is -0.146. The van der Waals surface area contributed by atoms with Crippen molar-refractivity contribution in [3.63, 3.8) is 0 Å². The Balaban J connectivity index is 2.38. The summed E-state index contributed by atoms with van der Waals surface area (Å²) in [4.78, 5) is 11.9. The third-order valence-electron chi connectivity index (χ3n) is 3.67. The summed E-state index contributed by atoms with van der Waals surface area (Å²) in [5.41, 5.74) is 0.856. The predicted molar refractivity (Wildman–Crippen MR) is 94.9 cm³/mol. The molecule has 0 amide bonds. The molecule has 0 saturated heterocycles. The van der Waals surface area contributed by atoms with Crippen molar-refractivity contribution in [1.82, 2.24) is 4.57 Å². The van der Waals surface area contributed by atoms with E-state index in [1.165, 1.54) is 29.9 Å². The van der Waals surface area contributed by atoms with Gasteiger partial charge in [-0.25, -0.2) is 13.2 Å². The van der Waals surface area contributed by atoms with Gasteiger partial charge in [0.05, 0.1) is 24.4 Å². The van der Waals surface area contributed by atoms with E-state index in [9.17, 15) is 13.2 Å². The Morgan fingerprint density at radius 2 is 2.00 bits per heavy atom. The number of carbonyl (C=O) groups is 1. The maximum absolute atomic E-state index is 12.7. The van der Waals surface area contributed by atoms with Gasteiger partial charge in [0.25, 0.3) is 10.0 Å². The molecule has 0 spiro atoms. The zero-order chi connectivity index (χ0) is 18.8. The van der Waals surface area contributed by atoms with Gasteiger partial charge in [0.15, 0.2) is 0 Å². The van der Waals surface area contributed by atoms with E-state index < -0.39 is 16.0 Å². The highest BCUT2D eigenvalue weighted by atomic mass is 35.5. The van der Waals surface area contributed by atoms with Crippen LogP contribution in [0.25, 0.3) is 0 Å². The molecule has 0 fully saturated rings. The summed E-state index contributed by atoms with van der Waals surface area (Å²) < 4.78 is 39.3. The quantitative estimate of drug-likeness (QED) is 0.771. The van der Waals surface area contributed by atoms with Gasteiger partial charge in [-0.05, 0) is 38.1 Å². The number of benzene rings is 1. The van der Waals surface area contributed by atoms with Crippen molar-refractivity contribution in [2.75, 3.05) is 18.4 Å². The first-order valence-electron chi connectivity index (χ1n) is 7.41. The number of ether oxygens (including phenoxy) is 2. The van der Waals surface area contributed by atoms with Gasteiger partial charge in [0.1, 0.15) is 16.3 Å². The van der Waals surface area contributed by atoms with E-state index in [1.807, 2.05) is 0 Å². The highest BCUT2D eigenvalue weighted by molar-refractivity contribution is 7.92. The average Bonchev–Trinajstić information content (AvgIpc) is 2.84. The van der Waals surface area contributed by atoms with Gasteiger partial charge in [-0.2, -0.15) is 0 Å². The molecule has 7 nitrogen and oxygen atoms in total. The third-order valence-corrected chi connectivity index (χ3v) is 5.46. The number of rotatable bonds is 6. The number of aromatic nitrogens is 1. The van der Waals surface area contributed by atoms with Crippen LogP contribution in [-0.2, 0) is 21.8 Å². The smallest absolute Gasteiger partial charge is 0.354 e. The molecule has 2 rings (SSSR count). The Bertz CT molecular complexity index is 905. The van der Waals surface area contributed by atoms with E-state index in [-0.39, 0.29) is 27.9 Å². The van der Waals surface area contributed by atoms with Crippen LogP contribution >= 0.6 is 11.6 Å². The molecule has 1 aromatic carbocycles. The van der Waals surface area contributed by atoms with Crippen LogP contribution in [0.15, 0.2) is 29.2 Å². The standard InChI is InChI=1S/C16H19ClN2O5S/c1-5-24-16(20)13-9-15(10(2)19(13)3)25(21,22)18-11-6-7-14(23-4)12(17)8-11/h6-9,18H,5H2,1-4H3. The average molecular weight is 387 g/mol. The van der Waals surface area contributed by atoms with Crippen LogP contribution in [0.2, 0.25) is 5.02 Å². The Morgan fingerprint density at radius 3 is 2.56 bits per heavy atom. The van der Waals surface area contributed by atoms with Gasteiger partial charge in [-0.1, -0.05) is 11.6 Å². The number of nitrogens with one attached hydrogen (secondary N) is 1. The molecule has 25 heavy (non-hydrogen) atoms. The lowest BCUT2D eigenvalue weighted by Crippen LogP contribution is -2.14. The van der Waals surface area contributed by atoms with Crippen LogP contribution in [-0.4, -0.2) is 32.7 Å². The number of halogens is 1. The van der Waals surface area contributed by atoms with E-state index in [4.69, 9.17) is 21.1 Å².